The number of nitrogens with zero attached hydrogens (tertiary/aromatic N) is 3. The van der Waals surface area contributed by atoms with Gasteiger partial charge in [-0.15, -0.1) is 0 Å². The van der Waals surface area contributed by atoms with Crippen molar-refractivity contribution in [3.8, 4) is 0 Å². The summed E-state index contributed by atoms with van der Waals surface area (Å²) < 4.78 is 6.07. The lowest BCUT2D eigenvalue weighted by Gasteiger charge is -2.37. The Morgan fingerprint density at radius 3 is 2.33 bits per heavy atom. The van der Waals surface area contributed by atoms with E-state index in [4.69, 9.17) is 9.96 Å². The topological polar surface area (TPSA) is 78.2 Å². The molecule has 0 aliphatic carbocycles. The van der Waals surface area contributed by atoms with Gasteiger partial charge in [-0.2, -0.15) is 0 Å². The van der Waals surface area contributed by atoms with Crippen molar-refractivity contribution < 1.29 is 9.53 Å². The Balaban J connectivity index is 2.82. The molecular weight excluding hydrogens is 282 g/mol. The maximum atomic E-state index is 10.4. The highest BCUT2D eigenvalue weighted by Gasteiger charge is 2.38. The van der Waals surface area contributed by atoms with Crippen molar-refractivity contribution in [2.24, 2.45) is 5.11 Å². The molecule has 1 aromatic carbocycles. The first-order valence-electron chi connectivity index (χ1n) is 7.10. The van der Waals surface area contributed by atoms with Crippen LogP contribution in [0.5, 0.6) is 0 Å². The first kappa shape index (κ1) is 17.7. The highest BCUT2D eigenvalue weighted by molar-refractivity contribution is 6.74. The van der Waals surface area contributed by atoms with Gasteiger partial charge in [0, 0.05) is 11.5 Å². The van der Waals surface area contributed by atoms with E-state index in [1.807, 2.05) is 30.3 Å². The Kier molecular flexibility index (Phi) is 5.98. The van der Waals surface area contributed by atoms with Gasteiger partial charge in [0.2, 0.25) is 0 Å². The summed E-state index contributed by atoms with van der Waals surface area (Å²) in [4.78, 5) is 2.85. The molecule has 1 rings (SSSR count). The van der Waals surface area contributed by atoms with Crippen molar-refractivity contribution in [3.05, 3.63) is 46.3 Å². The molecule has 5 nitrogen and oxygen atoms in total. The van der Waals surface area contributed by atoms with E-state index < -0.39 is 20.5 Å². The molecule has 6 heteroatoms. The Bertz CT molecular complexity index is 493. The average Bonchev–Trinajstić information content (AvgIpc) is 2.42. The summed E-state index contributed by atoms with van der Waals surface area (Å²) in [7, 11) is -1.94. The Labute approximate surface area is 127 Å². The van der Waals surface area contributed by atoms with Crippen LogP contribution in [0, 0.1) is 0 Å². The molecule has 0 saturated carbocycles. The highest BCUT2D eigenvalue weighted by Crippen LogP contribution is 2.37. The molecule has 0 saturated heterocycles. The van der Waals surface area contributed by atoms with Crippen LogP contribution in [0.1, 0.15) is 32.4 Å². The number of benzene rings is 1. The predicted molar refractivity (Wildman–Crippen MR) is 87.5 cm³/mol. The minimum absolute atomic E-state index is 0.0750. The van der Waals surface area contributed by atoms with Crippen LogP contribution >= 0.6 is 0 Å². The highest BCUT2D eigenvalue weighted by atomic mass is 28.4. The van der Waals surface area contributed by atoms with Gasteiger partial charge in [0.15, 0.2) is 8.32 Å². The van der Waals surface area contributed by atoms with Crippen molar-refractivity contribution >= 4 is 8.32 Å². The molecule has 0 heterocycles. The zero-order valence-corrected chi connectivity index (χ0v) is 14.4. The molecule has 21 heavy (non-hydrogen) atoms. The van der Waals surface area contributed by atoms with E-state index in [2.05, 4.69) is 43.9 Å². The van der Waals surface area contributed by atoms with Gasteiger partial charge >= 0.3 is 0 Å². The molecule has 2 atom stereocenters. The van der Waals surface area contributed by atoms with Gasteiger partial charge in [-0.25, -0.2) is 0 Å². The van der Waals surface area contributed by atoms with Crippen molar-refractivity contribution in [3.63, 3.8) is 0 Å². The van der Waals surface area contributed by atoms with Gasteiger partial charge in [-0.1, -0.05) is 56.2 Å². The largest absolute Gasteiger partial charge is 0.416 e. The van der Waals surface area contributed by atoms with E-state index in [0.717, 1.165) is 5.56 Å². The SMILES string of the molecule is CC(C)(C)[Si](C)(C)OC[C@H](N=[N+]=[N-])[C@H](O)c1ccccc1. The lowest BCUT2D eigenvalue weighted by molar-refractivity contribution is 0.112. The summed E-state index contributed by atoms with van der Waals surface area (Å²) in [6, 6.07) is 8.59. The number of rotatable bonds is 6. The molecule has 0 aliphatic rings. The van der Waals surface area contributed by atoms with Crippen molar-refractivity contribution in [1.82, 2.24) is 0 Å². The first-order chi connectivity index (χ1) is 9.69. The van der Waals surface area contributed by atoms with Crippen molar-refractivity contribution in [1.29, 1.82) is 0 Å². The molecule has 0 bridgehead atoms. The maximum Gasteiger partial charge on any atom is 0.191 e. The second kappa shape index (κ2) is 7.09. The van der Waals surface area contributed by atoms with Gasteiger partial charge < -0.3 is 9.53 Å². The van der Waals surface area contributed by atoms with E-state index in [0.29, 0.717) is 0 Å². The normalized spacial score (nSPS) is 15.1. The summed E-state index contributed by atoms with van der Waals surface area (Å²) in [6.07, 6.45) is -0.855. The predicted octanol–water partition coefficient (Wildman–Crippen LogP) is 4.42. The molecule has 0 unspecified atom stereocenters. The molecule has 1 aromatic rings. The average molecular weight is 307 g/mol. The Hall–Kier alpha value is -1.33. The van der Waals surface area contributed by atoms with Crippen molar-refractivity contribution in [2.45, 2.75) is 51.0 Å². The zero-order chi connectivity index (χ0) is 16.1. The lowest BCUT2D eigenvalue weighted by Crippen LogP contribution is -2.43. The second-order valence-electron chi connectivity index (χ2n) is 6.70. The molecule has 0 amide bonds. The van der Waals surface area contributed by atoms with Gasteiger partial charge in [-0.05, 0) is 29.2 Å². The van der Waals surface area contributed by atoms with Gasteiger partial charge in [0.25, 0.3) is 0 Å². The van der Waals surface area contributed by atoms with Gasteiger partial charge in [0.1, 0.15) is 0 Å². The second-order valence-corrected chi connectivity index (χ2v) is 11.5. The fraction of sp³-hybridized carbons (Fsp3) is 0.600. The molecule has 0 spiro atoms. The van der Waals surface area contributed by atoms with Crippen LogP contribution in [0.4, 0.5) is 0 Å². The Morgan fingerprint density at radius 2 is 1.86 bits per heavy atom. The third kappa shape index (κ3) is 4.86. The van der Waals surface area contributed by atoms with Crippen LogP contribution in [0.2, 0.25) is 18.1 Å². The first-order valence-corrected chi connectivity index (χ1v) is 10.0. The van der Waals surface area contributed by atoms with E-state index in [9.17, 15) is 5.11 Å². The molecule has 116 valence electrons. The van der Waals surface area contributed by atoms with E-state index in [1.54, 1.807) is 0 Å². The summed E-state index contributed by atoms with van der Waals surface area (Å²) >= 11 is 0. The summed E-state index contributed by atoms with van der Waals surface area (Å²) in [5.41, 5.74) is 9.46. The van der Waals surface area contributed by atoms with Crippen molar-refractivity contribution in [2.75, 3.05) is 6.61 Å². The monoisotopic (exact) mass is 307 g/mol. The molecule has 0 aliphatic heterocycles. The number of azide groups is 1. The summed E-state index contributed by atoms with van der Waals surface area (Å²) in [5.74, 6) is 0. The molecular formula is C15H25N3O2Si. The van der Waals surface area contributed by atoms with Crippen LogP contribution < -0.4 is 0 Å². The quantitative estimate of drug-likeness (QED) is 0.365. The maximum absolute atomic E-state index is 10.4. The number of hydrogen-bond donors (Lipinski definition) is 1. The van der Waals surface area contributed by atoms with Gasteiger partial charge in [0.05, 0.1) is 12.1 Å². The van der Waals surface area contributed by atoms with E-state index in [1.165, 1.54) is 0 Å². The van der Waals surface area contributed by atoms with Crippen LogP contribution in [0.25, 0.3) is 10.4 Å². The van der Waals surface area contributed by atoms with E-state index in [-0.39, 0.29) is 11.6 Å². The van der Waals surface area contributed by atoms with Crippen LogP contribution in [0.3, 0.4) is 0 Å². The fourth-order valence-corrected chi connectivity index (χ4v) is 2.66. The van der Waals surface area contributed by atoms with Crippen LogP contribution in [0.15, 0.2) is 35.4 Å². The molecule has 1 N–H and O–H groups in total. The lowest BCUT2D eigenvalue weighted by atomic mass is 10.0. The number of hydrogen-bond acceptors (Lipinski definition) is 3. The Morgan fingerprint density at radius 1 is 1.29 bits per heavy atom. The molecule has 0 aromatic heterocycles. The molecule has 0 radical (unpaired) electrons. The number of aliphatic hydroxyl groups excluding tert-OH is 1. The van der Waals surface area contributed by atoms with Gasteiger partial charge in [-0.3, -0.25) is 0 Å². The standard InChI is InChI=1S/C15H25N3O2Si/c1-15(2,3)21(4,5)20-11-13(17-18-16)14(19)12-9-7-6-8-10-12/h6-10,13-14,19H,11H2,1-5H3/t13-,14+/m0/s1. The van der Waals surface area contributed by atoms with Crippen LogP contribution in [-0.4, -0.2) is 26.1 Å². The number of aliphatic hydroxyl groups is 1. The van der Waals surface area contributed by atoms with Crippen LogP contribution in [-0.2, 0) is 4.43 Å². The third-order valence-corrected chi connectivity index (χ3v) is 8.63. The third-order valence-electron chi connectivity index (χ3n) is 4.13. The minimum atomic E-state index is -1.94. The zero-order valence-electron chi connectivity index (χ0n) is 13.4. The smallest absolute Gasteiger partial charge is 0.191 e. The summed E-state index contributed by atoms with van der Waals surface area (Å²) in [5, 5.41) is 14.2. The minimum Gasteiger partial charge on any atom is -0.416 e. The van der Waals surface area contributed by atoms with E-state index >= 15 is 0 Å². The summed E-state index contributed by atoms with van der Waals surface area (Å²) in [6.45, 7) is 10.9. The fourth-order valence-electron chi connectivity index (χ4n) is 1.64. The molecule has 0 fully saturated rings.